The van der Waals surface area contributed by atoms with Crippen LogP contribution in [0.3, 0.4) is 0 Å². The van der Waals surface area contributed by atoms with Crippen molar-refractivity contribution in [1.29, 1.82) is 0 Å². The number of nitrogens with two attached hydrogens (primary N) is 1. The standard InChI is InChI=1S/C11H22N2O/c1-3-4-9-5-7-11(13-2,8-6-9)10(12)14/h9,13H,3-8H2,1-2H3,(H2,12,14). The largest absolute Gasteiger partial charge is 0.368 e. The van der Waals surface area contributed by atoms with Gasteiger partial charge in [-0.05, 0) is 38.6 Å². The Kier molecular flexibility index (Phi) is 3.93. The maximum Gasteiger partial charge on any atom is 0.237 e. The monoisotopic (exact) mass is 198 g/mol. The highest BCUT2D eigenvalue weighted by molar-refractivity contribution is 5.84. The third-order valence-electron chi connectivity index (χ3n) is 3.61. The molecule has 3 heteroatoms. The van der Waals surface area contributed by atoms with E-state index >= 15 is 0 Å². The molecule has 1 fully saturated rings. The smallest absolute Gasteiger partial charge is 0.237 e. The van der Waals surface area contributed by atoms with Gasteiger partial charge >= 0.3 is 0 Å². The van der Waals surface area contributed by atoms with Crippen LogP contribution >= 0.6 is 0 Å². The second kappa shape index (κ2) is 4.78. The number of carbonyl (C=O) groups is 1. The molecule has 14 heavy (non-hydrogen) atoms. The van der Waals surface area contributed by atoms with Gasteiger partial charge in [-0.3, -0.25) is 4.79 Å². The highest BCUT2D eigenvalue weighted by Gasteiger charge is 2.38. The van der Waals surface area contributed by atoms with E-state index in [1.165, 1.54) is 12.8 Å². The SMILES string of the molecule is CCCC1CCC(NC)(C(N)=O)CC1. The van der Waals surface area contributed by atoms with E-state index in [9.17, 15) is 4.79 Å². The van der Waals surface area contributed by atoms with Crippen molar-refractivity contribution in [2.75, 3.05) is 7.05 Å². The number of carbonyl (C=O) groups excluding carboxylic acids is 1. The Morgan fingerprint density at radius 3 is 2.43 bits per heavy atom. The summed E-state index contributed by atoms with van der Waals surface area (Å²) in [6.45, 7) is 2.22. The van der Waals surface area contributed by atoms with Crippen molar-refractivity contribution in [1.82, 2.24) is 5.32 Å². The van der Waals surface area contributed by atoms with Gasteiger partial charge in [0.25, 0.3) is 0 Å². The Bertz CT molecular complexity index is 195. The van der Waals surface area contributed by atoms with Gasteiger partial charge in [0.1, 0.15) is 0 Å². The summed E-state index contributed by atoms with van der Waals surface area (Å²) in [5, 5.41) is 3.10. The molecular formula is C11H22N2O. The maximum atomic E-state index is 11.3. The fraction of sp³-hybridized carbons (Fsp3) is 0.909. The summed E-state index contributed by atoms with van der Waals surface area (Å²) < 4.78 is 0. The minimum Gasteiger partial charge on any atom is -0.368 e. The summed E-state index contributed by atoms with van der Waals surface area (Å²) in [5.41, 5.74) is 5.02. The average molecular weight is 198 g/mol. The van der Waals surface area contributed by atoms with E-state index in [2.05, 4.69) is 12.2 Å². The Labute approximate surface area is 86.4 Å². The third kappa shape index (κ3) is 2.27. The summed E-state index contributed by atoms with van der Waals surface area (Å²) in [4.78, 5) is 11.3. The molecule has 1 rings (SSSR count). The zero-order valence-electron chi connectivity index (χ0n) is 9.31. The molecule has 0 spiro atoms. The van der Waals surface area contributed by atoms with E-state index < -0.39 is 5.54 Å². The van der Waals surface area contributed by atoms with Crippen LogP contribution in [0.25, 0.3) is 0 Å². The van der Waals surface area contributed by atoms with Crippen molar-refractivity contribution in [3.63, 3.8) is 0 Å². The molecule has 0 heterocycles. The highest BCUT2D eigenvalue weighted by Crippen LogP contribution is 2.33. The maximum absolute atomic E-state index is 11.3. The lowest BCUT2D eigenvalue weighted by molar-refractivity contribution is -0.125. The van der Waals surface area contributed by atoms with Gasteiger partial charge in [0, 0.05) is 0 Å². The minimum absolute atomic E-state index is 0.185. The lowest BCUT2D eigenvalue weighted by Crippen LogP contribution is -2.55. The molecule has 0 aliphatic heterocycles. The topological polar surface area (TPSA) is 55.1 Å². The van der Waals surface area contributed by atoms with Gasteiger partial charge in [0.05, 0.1) is 5.54 Å². The van der Waals surface area contributed by atoms with Crippen molar-refractivity contribution >= 4 is 5.91 Å². The molecule has 1 amide bonds. The van der Waals surface area contributed by atoms with E-state index in [0.717, 1.165) is 31.6 Å². The van der Waals surface area contributed by atoms with E-state index in [1.54, 1.807) is 0 Å². The Hall–Kier alpha value is -0.570. The zero-order chi connectivity index (χ0) is 10.6. The van der Waals surface area contributed by atoms with Crippen LogP contribution in [0.1, 0.15) is 45.4 Å². The fourth-order valence-electron chi connectivity index (χ4n) is 2.49. The van der Waals surface area contributed by atoms with Gasteiger partial charge in [0.15, 0.2) is 0 Å². The number of amides is 1. The number of rotatable bonds is 4. The van der Waals surface area contributed by atoms with Gasteiger partial charge in [0.2, 0.25) is 5.91 Å². The molecule has 0 bridgehead atoms. The number of primary amides is 1. The van der Waals surface area contributed by atoms with Crippen molar-refractivity contribution in [2.45, 2.75) is 51.0 Å². The van der Waals surface area contributed by atoms with E-state index in [0.29, 0.717) is 0 Å². The first-order chi connectivity index (χ1) is 6.64. The molecule has 0 atom stereocenters. The number of hydrogen-bond acceptors (Lipinski definition) is 2. The number of likely N-dealkylation sites (N-methyl/N-ethyl adjacent to an activating group) is 1. The zero-order valence-corrected chi connectivity index (χ0v) is 9.31. The predicted octanol–water partition coefficient (Wildman–Crippen LogP) is 1.42. The second-order valence-electron chi connectivity index (χ2n) is 4.43. The summed E-state index contributed by atoms with van der Waals surface area (Å²) >= 11 is 0. The van der Waals surface area contributed by atoms with Crippen LogP contribution in [0.2, 0.25) is 0 Å². The van der Waals surface area contributed by atoms with Crippen LogP contribution in [0.15, 0.2) is 0 Å². The van der Waals surface area contributed by atoms with E-state index in [1.807, 2.05) is 7.05 Å². The van der Waals surface area contributed by atoms with Gasteiger partial charge < -0.3 is 11.1 Å². The van der Waals surface area contributed by atoms with Crippen molar-refractivity contribution in [3.05, 3.63) is 0 Å². The molecular weight excluding hydrogens is 176 g/mol. The molecule has 0 aromatic carbocycles. The van der Waals surface area contributed by atoms with Gasteiger partial charge in [-0.2, -0.15) is 0 Å². The summed E-state index contributed by atoms with van der Waals surface area (Å²) in [7, 11) is 1.84. The lowest BCUT2D eigenvalue weighted by Gasteiger charge is -2.37. The predicted molar refractivity (Wildman–Crippen MR) is 57.9 cm³/mol. The van der Waals surface area contributed by atoms with Crippen LogP contribution in [-0.4, -0.2) is 18.5 Å². The van der Waals surface area contributed by atoms with Crippen LogP contribution < -0.4 is 11.1 Å². The summed E-state index contributed by atoms with van der Waals surface area (Å²) in [6.07, 6.45) is 6.62. The van der Waals surface area contributed by atoms with Gasteiger partial charge in [-0.15, -0.1) is 0 Å². The van der Waals surface area contributed by atoms with Crippen molar-refractivity contribution in [3.8, 4) is 0 Å². The molecule has 1 aliphatic rings. The molecule has 1 aliphatic carbocycles. The summed E-state index contributed by atoms with van der Waals surface area (Å²) in [6, 6.07) is 0. The minimum atomic E-state index is -0.412. The molecule has 82 valence electrons. The lowest BCUT2D eigenvalue weighted by atomic mass is 9.75. The van der Waals surface area contributed by atoms with Crippen LogP contribution in [0.4, 0.5) is 0 Å². The van der Waals surface area contributed by atoms with Gasteiger partial charge in [-0.1, -0.05) is 19.8 Å². The summed E-state index contributed by atoms with van der Waals surface area (Å²) in [5.74, 6) is 0.621. The van der Waals surface area contributed by atoms with Crippen molar-refractivity contribution < 1.29 is 4.79 Å². The average Bonchev–Trinajstić information content (AvgIpc) is 2.19. The molecule has 0 saturated heterocycles. The molecule has 3 nitrogen and oxygen atoms in total. The van der Waals surface area contributed by atoms with E-state index in [4.69, 9.17) is 5.73 Å². The van der Waals surface area contributed by atoms with Crippen LogP contribution in [0, 0.1) is 5.92 Å². The first-order valence-electron chi connectivity index (χ1n) is 5.63. The molecule has 0 radical (unpaired) electrons. The Morgan fingerprint density at radius 2 is 2.07 bits per heavy atom. The van der Waals surface area contributed by atoms with Crippen LogP contribution in [0.5, 0.6) is 0 Å². The van der Waals surface area contributed by atoms with Crippen LogP contribution in [-0.2, 0) is 4.79 Å². The first-order valence-corrected chi connectivity index (χ1v) is 5.63. The van der Waals surface area contributed by atoms with E-state index in [-0.39, 0.29) is 5.91 Å². The normalized spacial score (nSPS) is 32.9. The quantitative estimate of drug-likeness (QED) is 0.718. The Morgan fingerprint density at radius 1 is 1.50 bits per heavy atom. The first kappa shape index (κ1) is 11.5. The van der Waals surface area contributed by atoms with Crippen molar-refractivity contribution in [2.24, 2.45) is 11.7 Å². The number of hydrogen-bond donors (Lipinski definition) is 2. The molecule has 0 aromatic heterocycles. The second-order valence-corrected chi connectivity index (χ2v) is 4.43. The number of nitrogens with one attached hydrogen (secondary N) is 1. The highest BCUT2D eigenvalue weighted by atomic mass is 16.1. The molecule has 0 unspecified atom stereocenters. The molecule has 3 N–H and O–H groups in total. The third-order valence-corrected chi connectivity index (χ3v) is 3.61. The fourth-order valence-corrected chi connectivity index (χ4v) is 2.49. The van der Waals surface area contributed by atoms with Gasteiger partial charge in [-0.25, -0.2) is 0 Å². The Balaban J connectivity index is 2.50. The molecule has 0 aromatic rings. The molecule has 1 saturated carbocycles.